The van der Waals surface area contributed by atoms with Crippen LogP contribution in [0.5, 0.6) is 5.75 Å². The van der Waals surface area contributed by atoms with E-state index >= 15 is 0 Å². The summed E-state index contributed by atoms with van der Waals surface area (Å²) in [6, 6.07) is 7.47. The molecule has 0 fully saturated rings. The Morgan fingerprint density at radius 3 is 2.32 bits per heavy atom. The lowest BCUT2D eigenvalue weighted by Crippen LogP contribution is -2.38. The minimum atomic E-state index is 0.0406. The van der Waals surface area contributed by atoms with Gasteiger partial charge in [0.05, 0.1) is 7.11 Å². The molecule has 0 aromatic heterocycles. The molecule has 0 radical (unpaired) electrons. The fourth-order valence-electron chi connectivity index (χ4n) is 1.66. The molecule has 0 aliphatic carbocycles. The van der Waals surface area contributed by atoms with E-state index in [4.69, 9.17) is 4.74 Å². The molecule has 1 aromatic rings. The maximum Gasteiger partial charge on any atom is 0.227 e. The molecule has 0 saturated heterocycles. The van der Waals surface area contributed by atoms with E-state index in [2.05, 4.69) is 26.1 Å². The molecule has 4 nitrogen and oxygen atoms in total. The van der Waals surface area contributed by atoms with Crippen molar-refractivity contribution < 1.29 is 9.53 Å². The van der Waals surface area contributed by atoms with Gasteiger partial charge in [0.15, 0.2) is 0 Å². The van der Waals surface area contributed by atoms with Gasteiger partial charge in [-0.25, -0.2) is 0 Å². The number of carbonyl (C=O) groups is 1. The highest BCUT2D eigenvalue weighted by molar-refractivity contribution is 5.92. The molecule has 1 rings (SSSR count). The highest BCUT2D eigenvalue weighted by Crippen LogP contribution is 2.18. The topological polar surface area (TPSA) is 41.6 Å². The zero-order valence-corrected chi connectivity index (χ0v) is 12.5. The normalized spacial score (nSPS) is 11.2. The fourth-order valence-corrected chi connectivity index (χ4v) is 1.66. The second kappa shape index (κ2) is 6.57. The van der Waals surface area contributed by atoms with Gasteiger partial charge < -0.3 is 15.0 Å². The molecule has 0 atom stereocenters. The lowest BCUT2D eigenvalue weighted by Gasteiger charge is -2.22. The van der Waals surface area contributed by atoms with Crippen LogP contribution in [0.4, 0.5) is 5.69 Å². The van der Waals surface area contributed by atoms with Crippen LogP contribution in [0.15, 0.2) is 24.3 Å². The summed E-state index contributed by atoms with van der Waals surface area (Å²) in [5.74, 6) is 0.890. The predicted molar refractivity (Wildman–Crippen MR) is 78.8 cm³/mol. The van der Waals surface area contributed by atoms with Crippen LogP contribution in [-0.2, 0) is 4.79 Å². The third-order valence-electron chi connectivity index (χ3n) is 2.83. The van der Waals surface area contributed by atoms with Gasteiger partial charge in [0, 0.05) is 31.2 Å². The van der Waals surface area contributed by atoms with E-state index in [1.54, 1.807) is 19.1 Å². The lowest BCUT2D eigenvalue weighted by molar-refractivity contribution is -0.118. The van der Waals surface area contributed by atoms with Crippen LogP contribution in [0, 0.1) is 0 Å². The van der Waals surface area contributed by atoms with Gasteiger partial charge in [0.2, 0.25) is 5.91 Å². The number of rotatable bonds is 5. The van der Waals surface area contributed by atoms with Gasteiger partial charge in [-0.1, -0.05) is 0 Å². The number of carbonyl (C=O) groups excluding carboxylic acids is 1. The monoisotopic (exact) mass is 264 g/mol. The molecule has 1 amide bonds. The van der Waals surface area contributed by atoms with Crippen LogP contribution in [-0.4, -0.2) is 32.1 Å². The molecule has 1 N–H and O–H groups in total. The summed E-state index contributed by atoms with van der Waals surface area (Å²) in [7, 11) is 3.42. The number of anilines is 1. The highest BCUT2D eigenvalue weighted by atomic mass is 16.5. The van der Waals surface area contributed by atoms with E-state index in [1.165, 1.54) is 0 Å². The van der Waals surface area contributed by atoms with E-state index in [1.807, 2.05) is 24.3 Å². The first-order chi connectivity index (χ1) is 8.83. The van der Waals surface area contributed by atoms with E-state index in [9.17, 15) is 4.79 Å². The maximum atomic E-state index is 12.0. The molecule has 0 spiro atoms. The summed E-state index contributed by atoms with van der Waals surface area (Å²) >= 11 is 0. The Hall–Kier alpha value is -1.55. The zero-order valence-electron chi connectivity index (χ0n) is 12.5. The van der Waals surface area contributed by atoms with Crippen molar-refractivity contribution in [3.63, 3.8) is 0 Å². The molecular weight excluding hydrogens is 240 g/mol. The maximum absolute atomic E-state index is 12.0. The molecule has 0 bridgehead atoms. The SMILES string of the molecule is COc1ccc(N(C)C(=O)CCNC(C)(C)C)cc1. The van der Waals surface area contributed by atoms with E-state index in [0.717, 1.165) is 11.4 Å². The summed E-state index contributed by atoms with van der Waals surface area (Å²) in [5.41, 5.74) is 0.917. The van der Waals surface area contributed by atoms with Crippen molar-refractivity contribution in [2.45, 2.75) is 32.7 Å². The van der Waals surface area contributed by atoms with E-state index < -0.39 is 0 Å². The Labute approximate surface area is 115 Å². The van der Waals surface area contributed by atoms with Crippen LogP contribution in [0.1, 0.15) is 27.2 Å². The summed E-state index contributed by atoms with van der Waals surface area (Å²) in [6.07, 6.45) is 0.486. The Morgan fingerprint density at radius 2 is 1.84 bits per heavy atom. The molecule has 0 saturated carbocycles. The van der Waals surface area contributed by atoms with Crippen molar-refractivity contribution in [3.8, 4) is 5.75 Å². The van der Waals surface area contributed by atoms with Crippen molar-refractivity contribution in [1.29, 1.82) is 0 Å². The van der Waals surface area contributed by atoms with Crippen LogP contribution < -0.4 is 15.0 Å². The van der Waals surface area contributed by atoms with E-state index in [-0.39, 0.29) is 11.4 Å². The molecule has 106 valence electrons. The number of methoxy groups -OCH3 is 1. The average Bonchev–Trinajstić information content (AvgIpc) is 2.36. The standard InChI is InChI=1S/C15H24N2O2/c1-15(2,3)16-11-10-14(18)17(4)12-6-8-13(19-5)9-7-12/h6-9,16H,10-11H2,1-5H3. The van der Waals surface area contributed by atoms with Crippen molar-refractivity contribution in [2.75, 3.05) is 25.6 Å². The van der Waals surface area contributed by atoms with Crippen molar-refractivity contribution in [1.82, 2.24) is 5.32 Å². The molecule has 0 aliphatic heterocycles. The van der Waals surface area contributed by atoms with Crippen LogP contribution in [0.2, 0.25) is 0 Å². The van der Waals surface area contributed by atoms with Crippen molar-refractivity contribution in [2.24, 2.45) is 0 Å². The second-order valence-electron chi connectivity index (χ2n) is 5.58. The summed E-state index contributed by atoms with van der Waals surface area (Å²) < 4.78 is 5.10. The Kier molecular flexibility index (Phi) is 5.36. The Bertz CT molecular complexity index is 407. The Morgan fingerprint density at radius 1 is 1.26 bits per heavy atom. The van der Waals surface area contributed by atoms with Gasteiger partial charge in [-0.3, -0.25) is 4.79 Å². The van der Waals surface area contributed by atoms with Crippen LogP contribution in [0.3, 0.4) is 0 Å². The van der Waals surface area contributed by atoms with Gasteiger partial charge in [-0.2, -0.15) is 0 Å². The highest BCUT2D eigenvalue weighted by Gasteiger charge is 2.13. The Balaban J connectivity index is 2.51. The smallest absolute Gasteiger partial charge is 0.227 e. The zero-order chi connectivity index (χ0) is 14.5. The molecule has 0 unspecified atom stereocenters. The minimum Gasteiger partial charge on any atom is -0.497 e. The van der Waals surface area contributed by atoms with Gasteiger partial charge in [0.1, 0.15) is 5.75 Å². The molecule has 4 heteroatoms. The molecule has 0 aliphatic rings. The fraction of sp³-hybridized carbons (Fsp3) is 0.533. The van der Waals surface area contributed by atoms with Gasteiger partial charge in [-0.15, -0.1) is 0 Å². The number of hydrogen-bond acceptors (Lipinski definition) is 3. The summed E-state index contributed by atoms with van der Waals surface area (Å²) in [5, 5.41) is 3.31. The molecular formula is C15H24N2O2. The first-order valence-corrected chi connectivity index (χ1v) is 6.49. The minimum absolute atomic E-state index is 0.0406. The lowest BCUT2D eigenvalue weighted by atomic mass is 10.1. The summed E-state index contributed by atoms with van der Waals surface area (Å²) in [6.45, 7) is 6.95. The first kappa shape index (κ1) is 15.5. The number of hydrogen-bond donors (Lipinski definition) is 1. The third kappa shape index (κ3) is 5.30. The second-order valence-corrected chi connectivity index (χ2v) is 5.58. The number of ether oxygens (including phenoxy) is 1. The van der Waals surface area contributed by atoms with Gasteiger partial charge in [0.25, 0.3) is 0 Å². The quantitative estimate of drug-likeness (QED) is 0.888. The molecule has 1 aromatic carbocycles. The predicted octanol–water partition coefficient (Wildman–Crippen LogP) is 2.44. The van der Waals surface area contributed by atoms with Crippen LogP contribution in [0.25, 0.3) is 0 Å². The molecule has 19 heavy (non-hydrogen) atoms. The van der Waals surface area contributed by atoms with Gasteiger partial charge >= 0.3 is 0 Å². The molecule has 0 heterocycles. The first-order valence-electron chi connectivity index (χ1n) is 6.49. The summed E-state index contributed by atoms with van der Waals surface area (Å²) in [4.78, 5) is 13.7. The third-order valence-corrected chi connectivity index (χ3v) is 2.83. The van der Waals surface area contributed by atoms with Crippen LogP contribution >= 0.6 is 0 Å². The van der Waals surface area contributed by atoms with Gasteiger partial charge in [-0.05, 0) is 45.0 Å². The van der Waals surface area contributed by atoms with Crippen molar-refractivity contribution >= 4 is 11.6 Å². The van der Waals surface area contributed by atoms with Crippen molar-refractivity contribution in [3.05, 3.63) is 24.3 Å². The van der Waals surface area contributed by atoms with E-state index in [0.29, 0.717) is 13.0 Å². The number of amides is 1. The number of nitrogens with zero attached hydrogens (tertiary/aromatic N) is 1. The number of nitrogens with one attached hydrogen (secondary N) is 1. The average molecular weight is 264 g/mol. The largest absolute Gasteiger partial charge is 0.497 e. The number of benzene rings is 1.